The fourth-order valence-corrected chi connectivity index (χ4v) is 1.88. The second kappa shape index (κ2) is 7.37. The Bertz CT molecular complexity index is 764. The molecule has 2 N–H and O–H groups in total. The lowest BCUT2D eigenvalue weighted by Crippen LogP contribution is -2.30. The van der Waals surface area contributed by atoms with Crippen molar-refractivity contribution in [1.82, 2.24) is 4.98 Å². The highest BCUT2D eigenvalue weighted by Gasteiger charge is 2.19. The molecule has 7 nitrogen and oxygen atoms in total. The zero-order valence-electron chi connectivity index (χ0n) is 12.0. The average molecular weight is 334 g/mol. The summed E-state index contributed by atoms with van der Waals surface area (Å²) in [5, 5.41) is 4.74. The quantitative estimate of drug-likeness (QED) is 0.509. The highest BCUT2D eigenvalue weighted by atomic mass is 35.5. The summed E-state index contributed by atoms with van der Waals surface area (Å²) >= 11 is 5.80. The molecule has 2 aromatic rings. The van der Waals surface area contributed by atoms with Crippen LogP contribution in [0.5, 0.6) is 0 Å². The third-order valence-corrected chi connectivity index (χ3v) is 3.10. The van der Waals surface area contributed by atoms with E-state index >= 15 is 0 Å². The second-order valence-electron chi connectivity index (χ2n) is 4.29. The first-order chi connectivity index (χ1) is 11.0. The van der Waals surface area contributed by atoms with Gasteiger partial charge < -0.3 is 15.4 Å². The Hall–Kier alpha value is -2.93. The molecule has 8 heteroatoms. The predicted octanol–water partition coefficient (Wildman–Crippen LogP) is 2.10. The van der Waals surface area contributed by atoms with Crippen LogP contribution in [0.2, 0.25) is 5.15 Å². The Balaban J connectivity index is 2.12. The number of benzene rings is 1. The SMILES string of the molecule is COC(=O)c1ccccc1NC(=O)C(=O)Nc1cccnc1Cl. The summed E-state index contributed by atoms with van der Waals surface area (Å²) in [5.41, 5.74) is 0.503. The van der Waals surface area contributed by atoms with Crippen LogP contribution in [0.1, 0.15) is 10.4 Å². The number of methoxy groups -OCH3 is 1. The van der Waals surface area contributed by atoms with Gasteiger partial charge in [0.15, 0.2) is 5.15 Å². The van der Waals surface area contributed by atoms with E-state index in [0.717, 1.165) is 0 Å². The van der Waals surface area contributed by atoms with Gasteiger partial charge in [0.1, 0.15) is 0 Å². The Labute approximate surface area is 136 Å². The third kappa shape index (κ3) is 4.04. The van der Waals surface area contributed by atoms with Crippen LogP contribution in [0.15, 0.2) is 42.6 Å². The molecule has 0 atom stereocenters. The number of para-hydroxylation sites is 1. The van der Waals surface area contributed by atoms with Crippen molar-refractivity contribution in [3.63, 3.8) is 0 Å². The van der Waals surface area contributed by atoms with Crippen molar-refractivity contribution in [3.8, 4) is 0 Å². The van der Waals surface area contributed by atoms with Gasteiger partial charge in [-0.3, -0.25) is 9.59 Å². The number of amides is 2. The van der Waals surface area contributed by atoms with E-state index in [1.54, 1.807) is 18.2 Å². The van der Waals surface area contributed by atoms with Gasteiger partial charge in [0.05, 0.1) is 24.0 Å². The van der Waals surface area contributed by atoms with E-state index in [1.165, 1.54) is 31.5 Å². The molecule has 2 rings (SSSR count). The summed E-state index contributed by atoms with van der Waals surface area (Å²) in [5.74, 6) is -2.53. The monoisotopic (exact) mass is 333 g/mol. The van der Waals surface area contributed by atoms with E-state index in [0.29, 0.717) is 0 Å². The number of carbonyl (C=O) groups excluding carboxylic acids is 3. The average Bonchev–Trinajstić information content (AvgIpc) is 2.56. The molecule has 0 radical (unpaired) electrons. The molecular formula is C15H12ClN3O4. The van der Waals surface area contributed by atoms with Crippen molar-refractivity contribution in [2.75, 3.05) is 17.7 Å². The zero-order chi connectivity index (χ0) is 16.8. The van der Waals surface area contributed by atoms with Crippen LogP contribution in [0.4, 0.5) is 11.4 Å². The molecule has 23 heavy (non-hydrogen) atoms. The lowest BCUT2D eigenvalue weighted by atomic mass is 10.2. The molecule has 1 aromatic heterocycles. The number of nitrogens with one attached hydrogen (secondary N) is 2. The van der Waals surface area contributed by atoms with Crippen molar-refractivity contribution in [3.05, 3.63) is 53.3 Å². The van der Waals surface area contributed by atoms with Crippen molar-refractivity contribution in [2.24, 2.45) is 0 Å². The Morgan fingerprint density at radius 2 is 1.61 bits per heavy atom. The molecule has 0 fully saturated rings. The number of rotatable bonds is 3. The van der Waals surface area contributed by atoms with Crippen molar-refractivity contribution in [2.45, 2.75) is 0 Å². The van der Waals surface area contributed by atoms with Gasteiger partial charge in [-0.05, 0) is 24.3 Å². The fraction of sp³-hybridized carbons (Fsp3) is 0.0667. The number of nitrogens with zero attached hydrogens (tertiary/aromatic N) is 1. The largest absolute Gasteiger partial charge is 0.465 e. The van der Waals surface area contributed by atoms with Gasteiger partial charge in [-0.15, -0.1) is 0 Å². The topological polar surface area (TPSA) is 97.4 Å². The number of pyridine rings is 1. The van der Waals surface area contributed by atoms with Crippen LogP contribution in [-0.2, 0) is 14.3 Å². The summed E-state index contributed by atoms with van der Waals surface area (Å²) in [7, 11) is 1.22. The number of ether oxygens (including phenoxy) is 1. The lowest BCUT2D eigenvalue weighted by molar-refractivity contribution is -0.133. The van der Waals surface area contributed by atoms with Gasteiger partial charge in [0, 0.05) is 6.20 Å². The molecule has 0 aliphatic heterocycles. The zero-order valence-corrected chi connectivity index (χ0v) is 12.8. The van der Waals surface area contributed by atoms with Crippen molar-refractivity contribution >= 4 is 40.8 Å². The normalized spacial score (nSPS) is 9.83. The van der Waals surface area contributed by atoms with Gasteiger partial charge in [0.2, 0.25) is 0 Å². The molecule has 0 saturated heterocycles. The van der Waals surface area contributed by atoms with Crippen LogP contribution in [0.3, 0.4) is 0 Å². The molecule has 1 heterocycles. The molecule has 0 aliphatic carbocycles. The van der Waals surface area contributed by atoms with E-state index in [9.17, 15) is 14.4 Å². The summed E-state index contributed by atoms with van der Waals surface area (Å²) in [4.78, 5) is 39.2. The highest BCUT2D eigenvalue weighted by molar-refractivity contribution is 6.44. The maximum absolute atomic E-state index is 12.0. The third-order valence-electron chi connectivity index (χ3n) is 2.79. The van der Waals surface area contributed by atoms with E-state index in [-0.39, 0.29) is 22.1 Å². The van der Waals surface area contributed by atoms with Gasteiger partial charge in [0.25, 0.3) is 0 Å². The summed E-state index contributed by atoms with van der Waals surface area (Å²) < 4.78 is 4.61. The number of carbonyl (C=O) groups is 3. The molecule has 0 spiro atoms. The molecule has 0 aliphatic rings. The molecular weight excluding hydrogens is 322 g/mol. The minimum absolute atomic E-state index is 0.0589. The first-order valence-electron chi connectivity index (χ1n) is 6.43. The van der Waals surface area contributed by atoms with Crippen molar-refractivity contribution < 1.29 is 19.1 Å². The number of aromatic nitrogens is 1. The lowest BCUT2D eigenvalue weighted by Gasteiger charge is -2.10. The Morgan fingerprint density at radius 1 is 1.00 bits per heavy atom. The first kappa shape index (κ1) is 16.4. The van der Waals surface area contributed by atoms with Gasteiger partial charge in [-0.2, -0.15) is 0 Å². The Morgan fingerprint density at radius 3 is 2.26 bits per heavy atom. The van der Waals surface area contributed by atoms with Gasteiger partial charge in [-0.1, -0.05) is 23.7 Å². The molecule has 0 saturated carbocycles. The summed E-state index contributed by atoms with van der Waals surface area (Å²) in [6, 6.07) is 9.23. The van der Waals surface area contributed by atoms with E-state index in [1.807, 2.05) is 0 Å². The summed E-state index contributed by atoms with van der Waals surface area (Å²) in [6.07, 6.45) is 1.45. The number of hydrogen-bond donors (Lipinski definition) is 2. The molecule has 1 aromatic carbocycles. The number of hydrogen-bond acceptors (Lipinski definition) is 5. The fourth-order valence-electron chi connectivity index (χ4n) is 1.72. The molecule has 2 amide bonds. The minimum atomic E-state index is -0.957. The number of anilines is 2. The van der Waals surface area contributed by atoms with E-state index < -0.39 is 17.8 Å². The van der Waals surface area contributed by atoms with Crippen LogP contribution < -0.4 is 10.6 Å². The number of esters is 1. The Kier molecular flexibility index (Phi) is 5.27. The smallest absolute Gasteiger partial charge is 0.339 e. The highest BCUT2D eigenvalue weighted by Crippen LogP contribution is 2.18. The number of halogens is 1. The molecule has 118 valence electrons. The van der Waals surface area contributed by atoms with Crippen LogP contribution in [0.25, 0.3) is 0 Å². The summed E-state index contributed by atoms with van der Waals surface area (Å²) in [6.45, 7) is 0. The predicted molar refractivity (Wildman–Crippen MR) is 84.3 cm³/mol. The van der Waals surface area contributed by atoms with Gasteiger partial charge in [-0.25, -0.2) is 9.78 Å². The van der Waals surface area contributed by atoms with Crippen LogP contribution in [0, 0.1) is 0 Å². The van der Waals surface area contributed by atoms with Crippen LogP contribution in [-0.4, -0.2) is 29.9 Å². The molecule has 0 bridgehead atoms. The standard InChI is InChI=1S/C15H12ClN3O4/c1-23-15(22)9-5-2-3-6-10(9)18-13(20)14(21)19-11-7-4-8-17-12(11)16/h2-8H,1H3,(H,18,20)(H,19,21). The molecule has 0 unspecified atom stereocenters. The van der Waals surface area contributed by atoms with Gasteiger partial charge >= 0.3 is 17.8 Å². The van der Waals surface area contributed by atoms with Crippen molar-refractivity contribution in [1.29, 1.82) is 0 Å². The van der Waals surface area contributed by atoms with E-state index in [4.69, 9.17) is 11.6 Å². The first-order valence-corrected chi connectivity index (χ1v) is 6.81. The van der Waals surface area contributed by atoms with Crippen LogP contribution >= 0.6 is 11.6 Å². The maximum atomic E-state index is 12.0. The maximum Gasteiger partial charge on any atom is 0.339 e. The second-order valence-corrected chi connectivity index (χ2v) is 4.65. The minimum Gasteiger partial charge on any atom is -0.465 e. The van der Waals surface area contributed by atoms with E-state index in [2.05, 4.69) is 20.4 Å².